The summed E-state index contributed by atoms with van der Waals surface area (Å²) >= 11 is 0. The molecule has 0 spiro atoms. The molecule has 3 heteroatoms. The molecule has 1 fully saturated rings. The number of para-hydroxylation sites is 1. The van der Waals surface area contributed by atoms with Crippen LogP contribution in [0.25, 0.3) is 0 Å². The van der Waals surface area contributed by atoms with Crippen molar-refractivity contribution in [2.45, 2.75) is 38.1 Å². The van der Waals surface area contributed by atoms with E-state index in [1.54, 1.807) is 0 Å². The molecule has 2 N–H and O–H groups in total. The molecule has 1 saturated carbocycles. The van der Waals surface area contributed by atoms with Crippen LogP contribution in [0.2, 0.25) is 0 Å². The molecule has 2 atom stereocenters. The molecule has 1 aromatic rings. The Morgan fingerprint density at radius 1 is 1.22 bits per heavy atom. The summed E-state index contributed by atoms with van der Waals surface area (Å²) in [4.78, 5) is 14.6. The second kappa shape index (κ2) is 4.73. The van der Waals surface area contributed by atoms with E-state index in [4.69, 9.17) is 5.73 Å². The van der Waals surface area contributed by atoms with Gasteiger partial charge in [-0.25, -0.2) is 0 Å². The van der Waals surface area contributed by atoms with E-state index in [0.717, 1.165) is 37.9 Å². The zero-order chi connectivity index (χ0) is 12.5. The van der Waals surface area contributed by atoms with E-state index in [0.29, 0.717) is 0 Å². The van der Waals surface area contributed by atoms with Crippen molar-refractivity contribution < 1.29 is 4.79 Å². The fraction of sp³-hybridized carbons (Fsp3) is 0.533. The number of anilines is 1. The van der Waals surface area contributed by atoms with Gasteiger partial charge in [0.25, 0.3) is 0 Å². The average Bonchev–Trinajstić information content (AvgIpc) is 2.82. The highest BCUT2D eigenvalue weighted by molar-refractivity contribution is 5.97. The van der Waals surface area contributed by atoms with E-state index in [1.165, 1.54) is 12.0 Å². The Hall–Kier alpha value is -1.35. The van der Waals surface area contributed by atoms with Gasteiger partial charge in [-0.2, -0.15) is 0 Å². The van der Waals surface area contributed by atoms with Crippen LogP contribution >= 0.6 is 0 Å². The lowest BCUT2D eigenvalue weighted by Crippen LogP contribution is -2.45. The van der Waals surface area contributed by atoms with Crippen LogP contribution in [0.15, 0.2) is 24.3 Å². The summed E-state index contributed by atoms with van der Waals surface area (Å²) in [6, 6.07) is 8.27. The highest BCUT2D eigenvalue weighted by Gasteiger charge is 2.34. The third kappa shape index (κ3) is 1.93. The average molecular weight is 244 g/mol. The van der Waals surface area contributed by atoms with E-state index >= 15 is 0 Å². The lowest BCUT2D eigenvalue weighted by atomic mass is 9.84. The molecule has 1 aromatic carbocycles. The smallest absolute Gasteiger partial charge is 0.231 e. The molecule has 1 heterocycles. The molecule has 18 heavy (non-hydrogen) atoms. The van der Waals surface area contributed by atoms with Crippen LogP contribution < -0.4 is 10.6 Å². The largest absolute Gasteiger partial charge is 0.327 e. The highest BCUT2D eigenvalue weighted by Crippen LogP contribution is 2.32. The van der Waals surface area contributed by atoms with Gasteiger partial charge in [0.2, 0.25) is 5.91 Å². The SMILES string of the molecule is NC1CCCCC1C(=O)N1CCc2ccccc21. The Balaban J connectivity index is 1.82. The Kier molecular flexibility index (Phi) is 3.08. The minimum Gasteiger partial charge on any atom is -0.327 e. The molecule has 3 rings (SSSR count). The zero-order valence-corrected chi connectivity index (χ0v) is 10.6. The fourth-order valence-electron chi connectivity index (χ4n) is 3.23. The number of carbonyl (C=O) groups excluding carboxylic acids is 1. The van der Waals surface area contributed by atoms with Crippen molar-refractivity contribution in [1.82, 2.24) is 0 Å². The van der Waals surface area contributed by atoms with E-state index < -0.39 is 0 Å². The molecule has 0 aromatic heterocycles. The molecule has 1 amide bonds. The maximum absolute atomic E-state index is 12.6. The topological polar surface area (TPSA) is 46.3 Å². The predicted molar refractivity (Wildman–Crippen MR) is 72.4 cm³/mol. The maximum Gasteiger partial charge on any atom is 0.231 e. The van der Waals surface area contributed by atoms with Gasteiger partial charge >= 0.3 is 0 Å². The number of rotatable bonds is 1. The Labute approximate surface area is 108 Å². The van der Waals surface area contributed by atoms with Gasteiger partial charge in [-0.3, -0.25) is 4.79 Å². The quantitative estimate of drug-likeness (QED) is 0.822. The first-order valence-electron chi connectivity index (χ1n) is 6.92. The van der Waals surface area contributed by atoms with Crippen molar-refractivity contribution in [2.75, 3.05) is 11.4 Å². The maximum atomic E-state index is 12.6. The van der Waals surface area contributed by atoms with Crippen LogP contribution in [0.5, 0.6) is 0 Å². The number of hydrogen-bond acceptors (Lipinski definition) is 2. The first-order chi connectivity index (χ1) is 8.77. The standard InChI is InChI=1S/C15H20N2O/c16-13-7-3-2-6-12(13)15(18)17-10-9-11-5-1-4-8-14(11)17/h1,4-5,8,12-13H,2-3,6-7,9-10,16H2. The number of benzene rings is 1. The minimum absolute atomic E-state index is 0.0323. The van der Waals surface area contributed by atoms with Gasteiger partial charge in [0.05, 0.1) is 5.92 Å². The van der Waals surface area contributed by atoms with Crippen molar-refractivity contribution in [3.63, 3.8) is 0 Å². The van der Waals surface area contributed by atoms with Gasteiger partial charge in [-0.1, -0.05) is 31.0 Å². The van der Waals surface area contributed by atoms with Gasteiger partial charge in [0.1, 0.15) is 0 Å². The van der Waals surface area contributed by atoms with E-state index in [-0.39, 0.29) is 17.9 Å². The molecule has 1 aliphatic carbocycles. The van der Waals surface area contributed by atoms with Crippen LogP contribution in [0.3, 0.4) is 0 Å². The summed E-state index contributed by atoms with van der Waals surface area (Å²) in [5.41, 5.74) is 8.50. The number of fused-ring (bicyclic) bond motifs is 1. The van der Waals surface area contributed by atoms with Crippen molar-refractivity contribution in [3.8, 4) is 0 Å². The molecule has 0 bridgehead atoms. The van der Waals surface area contributed by atoms with Gasteiger partial charge in [0, 0.05) is 18.3 Å². The monoisotopic (exact) mass is 244 g/mol. The fourth-order valence-corrected chi connectivity index (χ4v) is 3.23. The van der Waals surface area contributed by atoms with Crippen molar-refractivity contribution in [2.24, 2.45) is 11.7 Å². The Morgan fingerprint density at radius 3 is 2.83 bits per heavy atom. The van der Waals surface area contributed by atoms with Gasteiger partial charge < -0.3 is 10.6 Å². The molecule has 2 aliphatic rings. The molecule has 0 radical (unpaired) electrons. The van der Waals surface area contributed by atoms with Crippen LogP contribution in [0.1, 0.15) is 31.2 Å². The molecular formula is C15H20N2O. The van der Waals surface area contributed by atoms with Crippen LogP contribution in [-0.4, -0.2) is 18.5 Å². The third-order valence-corrected chi connectivity index (χ3v) is 4.29. The summed E-state index contributed by atoms with van der Waals surface area (Å²) in [6.45, 7) is 0.821. The minimum atomic E-state index is 0.0323. The molecular weight excluding hydrogens is 224 g/mol. The van der Waals surface area contributed by atoms with Gasteiger partial charge in [-0.05, 0) is 30.9 Å². The van der Waals surface area contributed by atoms with Crippen LogP contribution in [0, 0.1) is 5.92 Å². The normalized spacial score (nSPS) is 27.1. The van der Waals surface area contributed by atoms with E-state index in [2.05, 4.69) is 12.1 Å². The molecule has 0 saturated heterocycles. The van der Waals surface area contributed by atoms with Crippen molar-refractivity contribution in [3.05, 3.63) is 29.8 Å². The lowest BCUT2D eigenvalue weighted by molar-refractivity contribution is -0.123. The number of amides is 1. The summed E-state index contributed by atoms with van der Waals surface area (Å²) in [7, 11) is 0. The second-order valence-electron chi connectivity index (χ2n) is 5.42. The summed E-state index contributed by atoms with van der Waals surface area (Å²) in [5.74, 6) is 0.275. The Bertz CT molecular complexity index is 458. The third-order valence-electron chi connectivity index (χ3n) is 4.29. The van der Waals surface area contributed by atoms with Gasteiger partial charge in [-0.15, -0.1) is 0 Å². The highest BCUT2D eigenvalue weighted by atomic mass is 16.2. The first-order valence-corrected chi connectivity index (χ1v) is 6.92. The van der Waals surface area contributed by atoms with Crippen molar-refractivity contribution in [1.29, 1.82) is 0 Å². The Morgan fingerprint density at radius 2 is 2.00 bits per heavy atom. The summed E-state index contributed by atoms with van der Waals surface area (Å²) in [5, 5.41) is 0. The summed E-state index contributed by atoms with van der Waals surface area (Å²) < 4.78 is 0. The van der Waals surface area contributed by atoms with Crippen LogP contribution in [0.4, 0.5) is 5.69 Å². The number of nitrogens with zero attached hydrogens (tertiary/aromatic N) is 1. The number of nitrogens with two attached hydrogens (primary N) is 1. The molecule has 96 valence electrons. The molecule has 2 unspecified atom stereocenters. The predicted octanol–water partition coefficient (Wildman–Crippen LogP) is 2.09. The number of hydrogen-bond donors (Lipinski definition) is 1. The van der Waals surface area contributed by atoms with Crippen molar-refractivity contribution >= 4 is 11.6 Å². The van der Waals surface area contributed by atoms with E-state index in [1.807, 2.05) is 17.0 Å². The molecule has 1 aliphatic heterocycles. The van der Waals surface area contributed by atoms with Gasteiger partial charge in [0.15, 0.2) is 0 Å². The lowest BCUT2D eigenvalue weighted by Gasteiger charge is -2.31. The van der Waals surface area contributed by atoms with E-state index in [9.17, 15) is 4.79 Å². The summed E-state index contributed by atoms with van der Waals surface area (Å²) in [6.07, 6.45) is 5.23. The number of carbonyl (C=O) groups is 1. The van der Waals surface area contributed by atoms with Crippen LogP contribution in [-0.2, 0) is 11.2 Å². The first kappa shape index (κ1) is 11.7. The molecule has 3 nitrogen and oxygen atoms in total. The second-order valence-corrected chi connectivity index (χ2v) is 5.42. The zero-order valence-electron chi connectivity index (χ0n) is 10.6.